The highest BCUT2D eigenvalue weighted by atomic mass is 35.5. The van der Waals surface area contributed by atoms with E-state index in [0.29, 0.717) is 6.04 Å². The molecule has 3 aromatic rings. The van der Waals surface area contributed by atoms with Crippen LogP contribution in [0.1, 0.15) is 35.4 Å². The molecular formula is C25H26ClN2OP. The van der Waals surface area contributed by atoms with Gasteiger partial charge in [0.05, 0.1) is 5.38 Å². The van der Waals surface area contributed by atoms with E-state index in [0.717, 1.165) is 24.2 Å². The fourth-order valence-electron chi connectivity index (χ4n) is 4.40. The molecule has 0 saturated carbocycles. The number of anilines is 1. The Bertz CT molecular complexity index is 943. The normalized spacial score (nSPS) is 23.3. The van der Waals surface area contributed by atoms with Crippen LogP contribution in [0, 0.1) is 0 Å². The second-order valence-electron chi connectivity index (χ2n) is 7.88. The molecule has 2 aliphatic heterocycles. The first-order chi connectivity index (χ1) is 14.8. The highest BCUT2D eigenvalue weighted by Gasteiger charge is 2.46. The van der Waals surface area contributed by atoms with Crippen molar-refractivity contribution in [3.63, 3.8) is 0 Å². The van der Waals surface area contributed by atoms with E-state index in [4.69, 9.17) is 16.1 Å². The van der Waals surface area contributed by atoms with E-state index in [1.807, 2.05) is 24.3 Å². The van der Waals surface area contributed by atoms with Crippen LogP contribution in [0.3, 0.4) is 0 Å². The van der Waals surface area contributed by atoms with Crippen LogP contribution in [0.4, 0.5) is 5.69 Å². The summed E-state index contributed by atoms with van der Waals surface area (Å²) in [7, 11) is -0.929. The molecule has 1 unspecified atom stereocenters. The molecule has 154 valence electrons. The maximum Gasteiger partial charge on any atom is 0.219 e. The predicted octanol–water partition coefficient (Wildman–Crippen LogP) is 6.94. The lowest BCUT2D eigenvalue weighted by Crippen LogP contribution is -2.21. The fourth-order valence-corrected chi connectivity index (χ4v) is 7.21. The maximum atomic E-state index is 7.07. The van der Waals surface area contributed by atoms with E-state index in [1.165, 1.54) is 18.5 Å². The molecule has 2 heterocycles. The summed E-state index contributed by atoms with van der Waals surface area (Å²) in [6.45, 7) is 2.12. The van der Waals surface area contributed by atoms with E-state index < -0.39 is 8.45 Å². The minimum atomic E-state index is -0.929. The average molecular weight is 437 g/mol. The lowest BCUT2D eigenvalue weighted by molar-refractivity contribution is 0.207. The first-order valence-electron chi connectivity index (χ1n) is 10.6. The SMILES string of the molecule is Cl[C@@H](c1ccccc1)[C@@H](OP1N(c2ccccc2)C[C@@H]2CCCN21)c1ccccc1. The Morgan fingerprint density at radius 3 is 2.10 bits per heavy atom. The van der Waals surface area contributed by atoms with Gasteiger partial charge in [0, 0.05) is 24.8 Å². The zero-order valence-electron chi connectivity index (χ0n) is 16.8. The monoisotopic (exact) mass is 436 g/mol. The van der Waals surface area contributed by atoms with Crippen molar-refractivity contribution in [1.82, 2.24) is 4.67 Å². The van der Waals surface area contributed by atoms with Gasteiger partial charge in [-0.1, -0.05) is 78.9 Å². The van der Waals surface area contributed by atoms with Gasteiger partial charge in [0.25, 0.3) is 0 Å². The van der Waals surface area contributed by atoms with Crippen molar-refractivity contribution < 1.29 is 4.52 Å². The lowest BCUT2D eigenvalue weighted by atomic mass is 10.0. The molecule has 0 amide bonds. The lowest BCUT2D eigenvalue weighted by Gasteiger charge is -2.34. The van der Waals surface area contributed by atoms with Gasteiger partial charge in [-0.25, -0.2) is 4.67 Å². The van der Waals surface area contributed by atoms with Crippen LogP contribution in [0.15, 0.2) is 91.0 Å². The van der Waals surface area contributed by atoms with Gasteiger partial charge in [-0.3, -0.25) is 0 Å². The largest absolute Gasteiger partial charge is 0.317 e. The van der Waals surface area contributed by atoms with Gasteiger partial charge < -0.3 is 9.19 Å². The highest BCUT2D eigenvalue weighted by Crippen LogP contribution is 2.60. The van der Waals surface area contributed by atoms with Crippen molar-refractivity contribution >= 4 is 25.7 Å². The Labute approximate surface area is 185 Å². The van der Waals surface area contributed by atoms with Gasteiger partial charge >= 0.3 is 0 Å². The van der Waals surface area contributed by atoms with Gasteiger partial charge in [0.2, 0.25) is 8.45 Å². The quantitative estimate of drug-likeness (QED) is 0.307. The molecule has 0 N–H and O–H groups in total. The Hall–Kier alpha value is -1.90. The molecule has 0 radical (unpaired) electrons. The number of para-hydroxylation sites is 1. The van der Waals surface area contributed by atoms with E-state index in [-0.39, 0.29) is 11.5 Å². The summed E-state index contributed by atoms with van der Waals surface area (Å²) in [6, 6.07) is 31.9. The maximum absolute atomic E-state index is 7.07. The van der Waals surface area contributed by atoms with E-state index in [2.05, 4.69) is 76.1 Å². The van der Waals surface area contributed by atoms with Crippen LogP contribution >= 0.6 is 20.1 Å². The van der Waals surface area contributed by atoms with Crippen molar-refractivity contribution in [1.29, 1.82) is 0 Å². The smallest absolute Gasteiger partial charge is 0.219 e. The van der Waals surface area contributed by atoms with Crippen molar-refractivity contribution in [2.45, 2.75) is 30.4 Å². The zero-order valence-corrected chi connectivity index (χ0v) is 18.5. The van der Waals surface area contributed by atoms with Gasteiger partial charge in [0.15, 0.2) is 0 Å². The average Bonchev–Trinajstić information content (AvgIpc) is 3.41. The summed E-state index contributed by atoms with van der Waals surface area (Å²) in [5.41, 5.74) is 3.45. The molecule has 2 fully saturated rings. The summed E-state index contributed by atoms with van der Waals surface area (Å²) in [5.74, 6) is 0. The molecule has 0 bridgehead atoms. The predicted molar refractivity (Wildman–Crippen MR) is 126 cm³/mol. The Balaban J connectivity index is 1.49. The minimum absolute atomic E-state index is 0.216. The van der Waals surface area contributed by atoms with Gasteiger partial charge in [0.1, 0.15) is 6.10 Å². The number of alkyl halides is 1. The zero-order chi connectivity index (χ0) is 20.3. The fraction of sp³-hybridized carbons (Fsp3) is 0.280. The third-order valence-electron chi connectivity index (χ3n) is 5.93. The summed E-state index contributed by atoms with van der Waals surface area (Å²) in [6.07, 6.45) is 2.27. The molecule has 0 spiro atoms. The third-order valence-corrected chi connectivity index (χ3v) is 8.60. The summed E-state index contributed by atoms with van der Waals surface area (Å²) in [4.78, 5) is 0. The summed E-state index contributed by atoms with van der Waals surface area (Å²) in [5, 5.41) is -0.254. The first-order valence-corrected chi connectivity index (χ1v) is 12.2. The topological polar surface area (TPSA) is 15.7 Å². The van der Waals surface area contributed by atoms with Crippen molar-refractivity contribution in [2.24, 2.45) is 0 Å². The molecule has 2 aliphatic rings. The Morgan fingerprint density at radius 2 is 1.43 bits per heavy atom. The Kier molecular flexibility index (Phi) is 6.06. The van der Waals surface area contributed by atoms with Crippen molar-refractivity contribution in [3.8, 4) is 0 Å². The molecule has 3 nitrogen and oxygen atoms in total. The molecule has 2 saturated heterocycles. The standard InChI is InChI=1S/C25H26ClN2OP/c26-24(20-11-4-1-5-12-20)25(21-13-6-2-7-14-21)29-30-27-18-10-17-23(27)19-28(30)22-15-8-3-9-16-22/h1-9,11-16,23-25H,10,17-19H2/t23-,24-,25-,30?/m0/s1. The van der Waals surface area contributed by atoms with Crippen molar-refractivity contribution in [2.75, 3.05) is 17.8 Å². The van der Waals surface area contributed by atoms with Crippen LogP contribution in [0.25, 0.3) is 0 Å². The number of nitrogens with zero attached hydrogens (tertiary/aromatic N) is 2. The number of rotatable bonds is 6. The number of benzene rings is 3. The van der Waals surface area contributed by atoms with Crippen molar-refractivity contribution in [3.05, 3.63) is 102 Å². The molecule has 4 atom stereocenters. The number of fused-ring (bicyclic) bond motifs is 1. The van der Waals surface area contributed by atoms with E-state index in [1.54, 1.807) is 0 Å². The first kappa shape index (κ1) is 20.0. The molecule has 30 heavy (non-hydrogen) atoms. The molecule has 3 aromatic carbocycles. The molecule has 5 rings (SSSR count). The Morgan fingerprint density at radius 1 is 0.833 bits per heavy atom. The van der Waals surface area contributed by atoms with Gasteiger partial charge in [-0.15, -0.1) is 11.6 Å². The summed E-state index contributed by atoms with van der Waals surface area (Å²) >= 11 is 7.07. The van der Waals surface area contributed by atoms with Gasteiger partial charge in [-0.05, 0) is 36.1 Å². The molecule has 0 aromatic heterocycles. The van der Waals surface area contributed by atoms with Crippen LogP contribution in [0.2, 0.25) is 0 Å². The molecular weight excluding hydrogens is 411 g/mol. The van der Waals surface area contributed by atoms with E-state index in [9.17, 15) is 0 Å². The third kappa shape index (κ3) is 4.00. The van der Waals surface area contributed by atoms with Crippen LogP contribution in [-0.4, -0.2) is 23.8 Å². The molecule has 0 aliphatic carbocycles. The second-order valence-corrected chi connectivity index (χ2v) is 10.1. The number of halogens is 1. The van der Waals surface area contributed by atoms with Crippen LogP contribution in [-0.2, 0) is 4.52 Å². The van der Waals surface area contributed by atoms with Crippen LogP contribution < -0.4 is 4.67 Å². The van der Waals surface area contributed by atoms with Gasteiger partial charge in [-0.2, -0.15) is 0 Å². The second kappa shape index (κ2) is 9.08. The summed E-state index contributed by atoms with van der Waals surface area (Å²) < 4.78 is 12.0. The molecule has 5 heteroatoms. The minimum Gasteiger partial charge on any atom is -0.317 e. The number of hydrogen-bond acceptors (Lipinski definition) is 3. The van der Waals surface area contributed by atoms with E-state index >= 15 is 0 Å². The highest BCUT2D eigenvalue weighted by molar-refractivity contribution is 7.52. The van der Waals surface area contributed by atoms with Crippen LogP contribution in [0.5, 0.6) is 0 Å². The number of hydrogen-bond donors (Lipinski definition) is 0.